The summed E-state index contributed by atoms with van der Waals surface area (Å²) in [7, 11) is 3.25. The molecule has 0 aliphatic heterocycles. The highest BCUT2D eigenvalue weighted by Crippen LogP contribution is 2.38. The lowest BCUT2D eigenvalue weighted by molar-refractivity contribution is -0.128. The van der Waals surface area contributed by atoms with Gasteiger partial charge in [0.2, 0.25) is 0 Å². The summed E-state index contributed by atoms with van der Waals surface area (Å²) in [5, 5.41) is 18.9. The number of hydrogen-bond acceptors (Lipinski definition) is 6. The molecule has 0 saturated heterocycles. The summed E-state index contributed by atoms with van der Waals surface area (Å²) < 4.78 is 10.4. The summed E-state index contributed by atoms with van der Waals surface area (Å²) in [6.07, 6.45) is 0. The van der Waals surface area contributed by atoms with E-state index in [9.17, 15) is 19.8 Å². The van der Waals surface area contributed by atoms with Gasteiger partial charge in [0.25, 0.3) is 0 Å². The molecule has 0 unspecified atom stereocenters. The van der Waals surface area contributed by atoms with E-state index in [2.05, 4.69) is 0 Å². The van der Waals surface area contributed by atoms with E-state index in [1.807, 2.05) is 104 Å². The van der Waals surface area contributed by atoms with Crippen molar-refractivity contribution in [3.63, 3.8) is 0 Å². The average molecular weight is 643 g/mol. The maximum atomic E-state index is 13.2. The lowest BCUT2D eigenvalue weighted by Crippen LogP contribution is -2.42. The van der Waals surface area contributed by atoms with Gasteiger partial charge in [-0.1, -0.05) is 48.5 Å². The molecule has 0 saturated carbocycles. The Bertz CT molecular complexity index is 1490. The van der Waals surface area contributed by atoms with Gasteiger partial charge in [-0.2, -0.15) is 0 Å². The third kappa shape index (κ3) is 8.40. The van der Waals surface area contributed by atoms with Crippen LogP contribution < -0.4 is 9.47 Å². The Labute approximate surface area is 279 Å². The second kappa shape index (κ2) is 14.9. The molecular weight excluding hydrogens is 592 g/mol. The molecule has 0 bridgehead atoms. The molecule has 0 radical (unpaired) electrons. The van der Waals surface area contributed by atoms with Crippen LogP contribution in [0, 0.1) is 0 Å². The van der Waals surface area contributed by atoms with Gasteiger partial charge < -0.3 is 25.2 Å². The third-order valence-corrected chi connectivity index (χ3v) is 9.07. The lowest BCUT2D eigenvalue weighted by atomic mass is 9.67. The number of phenolic OH excluding ortho intramolecular Hbond substituents is 2. The van der Waals surface area contributed by atoms with Gasteiger partial charge in [-0.05, 0) is 126 Å². The van der Waals surface area contributed by atoms with E-state index in [1.54, 1.807) is 62.8 Å². The number of hydrogen-bond donors (Lipinski definition) is 2. The van der Waals surface area contributed by atoms with Crippen molar-refractivity contribution in [2.45, 2.75) is 77.0 Å². The molecule has 7 heteroatoms. The van der Waals surface area contributed by atoms with Crippen LogP contribution in [0.3, 0.4) is 0 Å². The largest absolute Gasteiger partial charge is 0.508 e. The monoisotopic (exact) mass is 642 g/mol. The molecule has 0 spiro atoms. The van der Waals surface area contributed by atoms with Crippen molar-refractivity contribution in [3.8, 4) is 23.0 Å². The Balaban J connectivity index is 0.000000320. The Hall–Kier alpha value is -4.62. The zero-order valence-electron chi connectivity index (χ0n) is 29.3. The van der Waals surface area contributed by atoms with Crippen molar-refractivity contribution >= 4 is 11.6 Å². The van der Waals surface area contributed by atoms with Crippen LogP contribution in [-0.4, -0.2) is 41.5 Å². The van der Waals surface area contributed by atoms with E-state index < -0.39 is 21.7 Å². The zero-order valence-corrected chi connectivity index (χ0v) is 29.3. The van der Waals surface area contributed by atoms with Crippen molar-refractivity contribution in [2.24, 2.45) is 0 Å². The first-order valence-electron chi connectivity index (χ1n) is 15.4. The fourth-order valence-corrected chi connectivity index (χ4v) is 5.86. The van der Waals surface area contributed by atoms with Gasteiger partial charge in [0.1, 0.15) is 23.0 Å². The molecule has 4 N–H and O–H groups in total. The van der Waals surface area contributed by atoms with Crippen LogP contribution in [0.1, 0.15) is 77.6 Å². The van der Waals surface area contributed by atoms with Crippen molar-refractivity contribution in [3.05, 3.63) is 119 Å². The molecule has 47 heavy (non-hydrogen) atoms. The number of benzene rings is 4. The normalized spacial score (nSPS) is 11.8. The molecule has 4 aromatic carbocycles. The first kappa shape index (κ1) is 38.6. The number of ketones is 2. The molecule has 252 valence electrons. The van der Waals surface area contributed by atoms with E-state index in [4.69, 9.17) is 9.47 Å². The predicted molar refractivity (Wildman–Crippen MR) is 188 cm³/mol. The van der Waals surface area contributed by atoms with Crippen molar-refractivity contribution in [1.29, 1.82) is 0 Å². The average Bonchev–Trinajstić information content (AvgIpc) is 3.04. The smallest absolute Gasteiger partial charge is 0.152 e. The standard InChI is InChI=1S/2C20H24O3.H2O/c2*1-19(2,14-6-10-16(21)11-7-14)18(22)20(3,4)15-8-12-17(23-5)13-9-15;/h2*6-13,21H,1-5H3;1H2. The maximum Gasteiger partial charge on any atom is 0.152 e. The number of aromatic hydroxyl groups is 2. The number of ether oxygens (including phenoxy) is 2. The SMILES string of the molecule is COc1ccc(C(C)(C)C(=O)C(C)(C)c2ccc(O)cc2)cc1.COc1ccc(C(C)(C)C(=O)C(C)(C)c2ccc(O)cc2)cc1.O. The number of methoxy groups -OCH3 is 2. The Kier molecular flexibility index (Phi) is 12.2. The van der Waals surface area contributed by atoms with Gasteiger partial charge in [0, 0.05) is 21.7 Å². The molecule has 4 rings (SSSR count). The van der Waals surface area contributed by atoms with Gasteiger partial charge in [-0.3, -0.25) is 9.59 Å². The van der Waals surface area contributed by atoms with E-state index in [1.165, 1.54) is 0 Å². The lowest BCUT2D eigenvalue weighted by Gasteiger charge is -2.34. The summed E-state index contributed by atoms with van der Waals surface area (Å²) >= 11 is 0. The molecule has 0 aromatic heterocycles. The van der Waals surface area contributed by atoms with Gasteiger partial charge in [0.15, 0.2) is 11.6 Å². The number of phenols is 2. The van der Waals surface area contributed by atoms with Crippen LogP contribution in [0.5, 0.6) is 23.0 Å². The number of rotatable bonds is 10. The van der Waals surface area contributed by atoms with E-state index >= 15 is 0 Å². The molecule has 0 aliphatic carbocycles. The van der Waals surface area contributed by atoms with Gasteiger partial charge in [-0.25, -0.2) is 0 Å². The van der Waals surface area contributed by atoms with Crippen LogP contribution >= 0.6 is 0 Å². The molecule has 0 heterocycles. The first-order valence-corrected chi connectivity index (χ1v) is 15.4. The predicted octanol–water partition coefficient (Wildman–Crippen LogP) is 7.63. The Morgan fingerprint density at radius 1 is 0.426 bits per heavy atom. The molecule has 0 fully saturated rings. The number of carbonyl (C=O) groups excluding carboxylic acids is 2. The molecule has 0 amide bonds. The van der Waals surface area contributed by atoms with E-state index in [0.717, 1.165) is 33.8 Å². The molecule has 7 nitrogen and oxygen atoms in total. The van der Waals surface area contributed by atoms with Crippen molar-refractivity contribution < 1.29 is 34.8 Å². The highest BCUT2D eigenvalue weighted by atomic mass is 16.5. The van der Waals surface area contributed by atoms with Crippen LogP contribution in [0.15, 0.2) is 97.1 Å². The van der Waals surface area contributed by atoms with Crippen LogP contribution in [0.25, 0.3) is 0 Å². The van der Waals surface area contributed by atoms with Crippen molar-refractivity contribution in [1.82, 2.24) is 0 Å². The fourth-order valence-electron chi connectivity index (χ4n) is 5.86. The summed E-state index contributed by atoms with van der Waals surface area (Å²) in [5.74, 6) is 2.20. The highest BCUT2D eigenvalue weighted by molar-refractivity contribution is 5.98. The summed E-state index contributed by atoms with van der Waals surface area (Å²) in [6, 6.07) is 28.9. The summed E-state index contributed by atoms with van der Waals surface area (Å²) in [5.41, 5.74) is 1.12. The minimum atomic E-state index is -0.656. The summed E-state index contributed by atoms with van der Waals surface area (Å²) in [4.78, 5) is 26.5. The summed E-state index contributed by atoms with van der Waals surface area (Å²) in [6.45, 7) is 15.5. The Morgan fingerprint density at radius 3 is 0.809 bits per heavy atom. The second-order valence-corrected chi connectivity index (χ2v) is 13.7. The molecule has 0 aliphatic rings. The maximum absolute atomic E-state index is 13.2. The van der Waals surface area contributed by atoms with Crippen LogP contribution in [0.4, 0.5) is 0 Å². The minimum absolute atomic E-state index is 0. The van der Waals surface area contributed by atoms with Gasteiger partial charge in [0.05, 0.1) is 14.2 Å². The highest BCUT2D eigenvalue weighted by Gasteiger charge is 2.42. The minimum Gasteiger partial charge on any atom is -0.508 e. The number of carbonyl (C=O) groups is 2. The van der Waals surface area contributed by atoms with E-state index in [0.29, 0.717) is 0 Å². The zero-order chi connectivity index (χ0) is 34.5. The molecule has 4 aromatic rings. The van der Waals surface area contributed by atoms with Crippen LogP contribution in [-0.2, 0) is 31.2 Å². The first-order chi connectivity index (χ1) is 21.4. The molecular formula is C40H50O7. The molecule has 0 atom stereocenters. The van der Waals surface area contributed by atoms with Gasteiger partial charge in [-0.15, -0.1) is 0 Å². The van der Waals surface area contributed by atoms with Crippen LogP contribution in [0.2, 0.25) is 0 Å². The van der Waals surface area contributed by atoms with E-state index in [-0.39, 0.29) is 28.5 Å². The fraction of sp³-hybridized carbons (Fsp3) is 0.350. The second-order valence-electron chi connectivity index (χ2n) is 13.7. The van der Waals surface area contributed by atoms with Crippen molar-refractivity contribution in [2.75, 3.05) is 14.2 Å². The quantitative estimate of drug-likeness (QED) is 0.183. The Morgan fingerprint density at radius 2 is 0.617 bits per heavy atom. The topological polar surface area (TPSA) is 125 Å². The number of Topliss-reactive ketones (excluding diaryl/α,β-unsaturated/α-hetero) is 2. The van der Waals surface area contributed by atoms with Gasteiger partial charge >= 0.3 is 0 Å². The third-order valence-electron chi connectivity index (χ3n) is 9.07.